The topological polar surface area (TPSA) is 123 Å². The molecule has 1 aromatic heterocycles. The molecule has 1 saturated carbocycles. The van der Waals surface area contributed by atoms with E-state index in [-0.39, 0.29) is 28.9 Å². The maximum atomic E-state index is 12.3. The number of benzene rings is 1. The summed E-state index contributed by atoms with van der Waals surface area (Å²) in [5, 5.41) is 15.8. The molecule has 1 fully saturated rings. The minimum absolute atomic E-state index is 0.185. The van der Waals surface area contributed by atoms with Gasteiger partial charge >= 0.3 is 5.97 Å². The van der Waals surface area contributed by atoms with Crippen molar-refractivity contribution in [3.63, 3.8) is 0 Å². The Hall–Kier alpha value is -3.34. The molecule has 2 aromatic rings. The number of nitriles is 1. The van der Waals surface area contributed by atoms with Crippen molar-refractivity contribution >= 4 is 17.7 Å². The van der Waals surface area contributed by atoms with Crippen LogP contribution in [-0.4, -0.2) is 33.8 Å². The Labute approximate surface area is 144 Å². The lowest BCUT2D eigenvalue weighted by atomic mass is 10.2. The van der Waals surface area contributed by atoms with Crippen molar-refractivity contribution in [1.82, 2.24) is 15.1 Å². The zero-order chi connectivity index (χ0) is 18.0. The zero-order valence-corrected chi connectivity index (χ0v) is 13.6. The SMILES string of the molecule is C[C@H](OC(=O)c1cccc(-n2ncc(C#N)c2N)c1)C(=O)NC1CC1. The van der Waals surface area contributed by atoms with Crippen molar-refractivity contribution in [3.8, 4) is 11.8 Å². The lowest BCUT2D eigenvalue weighted by Crippen LogP contribution is -2.37. The van der Waals surface area contributed by atoms with Gasteiger partial charge in [0.05, 0.1) is 17.4 Å². The number of amides is 1. The Morgan fingerprint density at radius 2 is 2.24 bits per heavy atom. The van der Waals surface area contributed by atoms with Crippen molar-refractivity contribution < 1.29 is 14.3 Å². The largest absolute Gasteiger partial charge is 0.449 e. The molecule has 8 nitrogen and oxygen atoms in total. The molecule has 0 radical (unpaired) electrons. The molecule has 0 saturated heterocycles. The van der Waals surface area contributed by atoms with Gasteiger partial charge in [-0.1, -0.05) is 6.07 Å². The molecule has 1 heterocycles. The van der Waals surface area contributed by atoms with Crippen LogP contribution in [0.4, 0.5) is 5.82 Å². The molecule has 1 aliphatic rings. The summed E-state index contributed by atoms with van der Waals surface area (Å²) < 4.78 is 6.57. The van der Waals surface area contributed by atoms with Gasteiger partial charge in [-0.15, -0.1) is 0 Å². The number of carbonyl (C=O) groups excluding carboxylic acids is 2. The zero-order valence-electron chi connectivity index (χ0n) is 13.6. The Morgan fingerprint density at radius 1 is 1.48 bits per heavy atom. The second-order valence-electron chi connectivity index (χ2n) is 5.85. The second kappa shape index (κ2) is 6.65. The number of hydrogen-bond donors (Lipinski definition) is 2. The second-order valence-corrected chi connectivity index (χ2v) is 5.85. The summed E-state index contributed by atoms with van der Waals surface area (Å²) in [7, 11) is 0. The lowest BCUT2D eigenvalue weighted by Gasteiger charge is -2.13. The quantitative estimate of drug-likeness (QED) is 0.788. The maximum absolute atomic E-state index is 12.3. The number of anilines is 1. The molecular weight excluding hydrogens is 322 g/mol. The van der Waals surface area contributed by atoms with E-state index in [0.29, 0.717) is 5.69 Å². The molecule has 8 heteroatoms. The van der Waals surface area contributed by atoms with E-state index in [1.165, 1.54) is 17.8 Å². The molecule has 0 unspecified atom stereocenters. The van der Waals surface area contributed by atoms with Crippen LogP contribution in [0.3, 0.4) is 0 Å². The number of aromatic nitrogens is 2. The predicted molar refractivity (Wildman–Crippen MR) is 88.7 cm³/mol. The van der Waals surface area contributed by atoms with E-state index < -0.39 is 12.1 Å². The highest BCUT2D eigenvalue weighted by atomic mass is 16.5. The highest BCUT2D eigenvalue weighted by Gasteiger charge is 2.27. The van der Waals surface area contributed by atoms with Crippen molar-refractivity contribution in [2.75, 3.05) is 5.73 Å². The molecule has 25 heavy (non-hydrogen) atoms. The molecule has 128 valence electrons. The molecule has 1 atom stereocenters. The number of rotatable bonds is 5. The number of hydrogen-bond acceptors (Lipinski definition) is 6. The summed E-state index contributed by atoms with van der Waals surface area (Å²) in [6.07, 6.45) is 2.40. The van der Waals surface area contributed by atoms with Crippen LogP contribution in [0.15, 0.2) is 30.5 Å². The normalized spacial score (nSPS) is 14.4. The summed E-state index contributed by atoms with van der Waals surface area (Å²) in [5.41, 5.74) is 6.88. The van der Waals surface area contributed by atoms with E-state index in [1.807, 2.05) is 6.07 Å². The van der Waals surface area contributed by atoms with Gasteiger partial charge in [-0.25, -0.2) is 9.48 Å². The number of nitrogens with two attached hydrogens (primary N) is 1. The summed E-state index contributed by atoms with van der Waals surface area (Å²) in [5.74, 6) is -0.737. The van der Waals surface area contributed by atoms with Crippen LogP contribution >= 0.6 is 0 Å². The molecule has 0 spiro atoms. The third kappa shape index (κ3) is 3.61. The van der Waals surface area contributed by atoms with Gasteiger partial charge in [0, 0.05) is 6.04 Å². The van der Waals surface area contributed by atoms with Gasteiger partial charge in [-0.2, -0.15) is 10.4 Å². The molecule has 3 N–H and O–H groups in total. The molecule has 0 aliphatic heterocycles. The van der Waals surface area contributed by atoms with E-state index >= 15 is 0 Å². The Kier molecular flexibility index (Phi) is 4.39. The number of carbonyl (C=O) groups is 2. The van der Waals surface area contributed by atoms with Crippen LogP contribution in [-0.2, 0) is 9.53 Å². The molecule has 1 aliphatic carbocycles. The summed E-state index contributed by atoms with van der Waals surface area (Å²) >= 11 is 0. The number of ether oxygens (including phenoxy) is 1. The Morgan fingerprint density at radius 3 is 2.88 bits per heavy atom. The van der Waals surface area contributed by atoms with Gasteiger partial charge in [0.2, 0.25) is 0 Å². The fraction of sp³-hybridized carbons (Fsp3) is 0.294. The smallest absolute Gasteiger partial charge is 0.338 e. The summed E-state index contributed by atoms with van der Waals surface area (Å²) in [4.78, 5) is 24.2. The minimum atomic E-state index is -0.878. The number of esters is 1. The maximum Gasteiger partial charge on any atom is 0.338 e. The number of nitrogen functional groups attached to an aromatic ring is 1. The first kappa shape index (κ1) is 16.5. The first-order valence-corrected chi connectivity index (χ1v) is 7.85. The van der Waals surface area contributed by atoms with Crippen LogP contribution in [0.2, 0.25) is 0 Å². The first-order valence-electron chi connectivity index (χ1n) is 7.85. The van der Waals surface area contributed by atoms with Gasteiger partial charge in [0.15, 0.2) is 6.10 Å². The van der Waals surface area contributed by atoms with Crippen LogP contribution < -0.4 is 11.1 Å². The first-order chi connectivity index (χ1) is 12.0. The summed E-state index contributed by atoms with van der Waals surface area (Å²) in [6, 6.07) is 8.60. The molecular formula is C17H17N5O3. The highest BCUT2D eigenvalue weighted by molar-refractivity contribution is 5.92. The van der Waals surface area contributed by atoms with Crippen LogP contribution in [0, 0.1) is 11.3 Å². The fourth-order valence-electron chi connectivity index (χ4n) is 2.24. The van der Waals surface area contributed by atoms with E-state index in [4.69, 9.17) is 15.7 Å². The van der Waals surface area contributed by atoms with Gasteiger partial charge < -0.3 is 15.8 Å². The molecule has 0 bridgehead atoms. The Balaban J connectivity index is 1.74. The predicted octanol–water partition coefficient (Wildman–Crippen LogP) is 1.15. The monoisotopic (exact) mass is 339 g/mol. The van der Waals surface area contributed by atoms with Crippen molar-refractivity contribution in [2.45, 2.75) is 31.9 Å². The number of nitrogens with one attached hydrogen (secondary N) is 1. The third-order valence-electron chi connectivity index (χ3n) is 3.83. The van der Waals surface area contributed by atoms with Crippen LogP contribution in [0.25, 0.3) is 5.69 Å². The van der Waals surface area contributed by atoms with Gasteiger partial charge in [0.1, 0.15) is 17.5 Å². The van der Waals surface area contributed by atoms with Crippen molar-refractivity contribution in [3.05, 3.63) is 41.6 Å². The average Bonchev–Trinajstić information content (AvgIpc) is 3.34. The van der Waals surface area contributed by atoms with Gasteiger partial charge in [0.25, 0.3) is 5.91 Å². The van der Waals surface area contributed by atoms with E-state index in [9.17, 15) is 9.59 Å². The lowest BCUT2D eigenvalue weighted by molar-refractivity contribution is -0.129. The fourth-order valence-corrected chi connectivity index (χ4v) is 2.24. The van der Waals surface area contributed by atoms with Gasteiger partial charge in [-0.05, 0) is 38.0 Å². The van der Waals surface area contributed by atoms with E-state index in [2.05, 4.69) is 10.4 Å². The summed E-state index contributed by atoms with van der Waals surface area (Å²) in [6.45, 7) is 1.53. The van der Waals surface area contributed by atoms with Crippen LogP contribution in [0.1, 0.15) is 35.7 Å². The molecule has 1 amide bonds. The average molecular weight is 339 g/mol. The molecule has 1 aromatic carbocycles. The number of nitrogens with zero attached hydrogens (tertiary/aromatic N) is 3. The van der Waals surface area contributed by atoms with Crippen molar-refractivity contribution in [2.24, 2.45) is 0 Å². The highest BCUT2D eigenvalue weighted by Crippen LogP contribution is 2.20. The van der Waals surface area contributed by atoms with E-state index in [0.717, 1.165) is 12.8 Å². The van der Waals surface area contributed by atoms with Crippen molar-refractivity contribution in [1.29, 1.82) is 5.26 Å². The third-order valence-corrected chi connectivity index (χ3v) is 3.83. The minimum Gasteiger partial charge on any atom is -0.449 e. The van der Waals surface area contributed by atoms with E-state index in [1.54, 1.807) is 24.3 Å². The van der Waals surface area contributed by atoms with Gasteiger partial charge in [-0.3, -0.25) is 4.79 Å². The van der Waals surface area contributed by atoms with Crippen LogP contribution in [0.5, 0.6) is 0 Å². The molecule has 3 rings (SSSR count). The standard InChI is InChI=1S/C17H17N5O3/c1-10(16(23)21-13-5-6-13)25-17(24)11-3-2-4-14(7-11)22-15(19)12(8-18)9-20-22/h2-4,7,9-10,13H,5-6,19H2,1H3,(H,21,23)/t10-/m0/s1. The Bertz CT molecular complexity index is 863.